The topological polar surface area (TPSA) is 95.9 Å². The number of hydrogen-bond donors (Lipinski definition) is 2. The Morgan fingerprint density at radius 1 is 1.43 bits per heavy atom. The molecule has 1 atom stereocenters. The molecule has 7 nitrogen and oxygen atoms in total. The molecule has 126 valence electrons. The van der Waals surface area contributed by atoms with Gasteiger partial charge in [-0.25, -0.2) is 14.0 Å². The van der Waals surface area contributed by atoms with Crippen molar-refractivity contribution < 1.29 is 28.6 Å². The molecule has 0 heterocycles. The number of urea groups is 1. The number of nitrogens with zero attached hydrogens (tertiary/aromatic N) is 1. The van der Waals surface area contributed by atoms with E-state index in [1.54, 1.807) is 0 Å². The van der Waals surface area contributed by atoms with Gasteiger partial charge in [0.1, 0.15) is 0 Å². The second-order valence-electron chi connectivity index (χ2n) is 4.86. The second kappa shape index (κ2) is 7.77. The molecule has 23 heavy (non-hydrogen) atoms. The van der Waals surface area contributed by atoms with Gasteiger partial charge in [-0.3, -0.25) is 4.79 Å². The molecule has 0 radical (unpaired) electrons. The Labute approximate surface area is 137 Å². The molecule has 0 aliphatic rings. The van der Waals surface area contributed by atoms with Crippen molar-refractivity contribution in [2.75, 3.05) is 26.0 Å². The molecular formula is C14H16ClFN2O5. The van der Waals surface area contributed by atoms with Gasteiger partial charge in [-0.1, -0.05) is 18.5 Å². The number of methoxy groups -OCH3 is 1. The van der Waals surface area contributed by atoms with E-state index in [0.29, 0.717) is 0 Å². The molecular weight excluding hydrogens is 331 g/mol. The van der Waals surface area contributed by atoms with Crippen LogP contribution in [0.4, 0.5) is 14.9 Å². The van der Waals surface area contributed by atoms with Crippen molar-refractivity contribution in [2.24, 2.45) is 5.92 Å². The fraction of sp³-hybridized carbons (Fsp3) is 0.357. The third-order valence-electron chi connectivity index (χ3n) is 3.00. The Morgan fingerprint density at radius 2 is 2.04 bits per heavy atom. The second-order valence-corrected chi connectivity index (χ2v) is 5.27. The molecule has 0 aliphatic heterocycles. The highest BCUT2D eigenvalue weighted by molar-refractivity contribution is 6.31. The number of aliphatic carboxylic acids is 1. The van der Waals surface area contributed by atoms with Gasteiger partial charge in [0.15, 0.2) is 5.82 Å². The number of benzene rings is 1. The summed E-state index contributed by atoms with van der Waals surface area (Å²) in [6.45, 7) is 1.43. The van der Waals surface area contributed by atoms with Gasteiger partial charge in [-0.2, -0.15) is 0 Å². The van der Waals surface area contributed by atoms with Crippen LogP contribution in [-0.4, -0.2) is 48.7 Å². The van der Waals surface area contributed by atoms with Gasteiger partial charge in [0.05, 0.1) is 23.6 Å². The number of anilines is 1. The van der Waals surface area contributed by atoms with E-state index in [9.17, 15) is 18.8 Å². The van der Waals surface area contributed by atoms with Crippen LogP contribution in [-0.2, 0) is 9.53 Å². The van der Waals surface area contributed by atoms with E-state index in [1.807, 2.05) is 0 Å². The fourth-order valence-electron chi connectivity index (χ4n) is 1.71. The molecule has 9 heteroatoms. The van der Waals surface area contributed by atoms with E-state index < -0.39 is 35.3 Å². The highest BCUT2D eigenvalue weighted by atomic mass is 35.5. The molecule has 0 aromatic heterocycles. The van der Waals surface area contributed by atoms with Crippen molar-refractivity contribution in [2.45, 2.75) is 6.92 Å². The van der Waals surface area contributed by atoms with Gasteiger partial charge >= 0.3 is 18.0 Å². The third kappa shape index (κ3) is 4.82. The van der Waals surface area contributed by atoms with Crippen LogP contribution in [0.15, 0.2) is 12.1 Å². The first-order valence-corrected chi connectivity index (χ1v) is 6.87. The number of hydrogen-bond acceptors (Lipinski definition) is 4. The molecule has 2 amide bonds. The van der Waals surface area contributed by atoms with Crippen LogP contribution in [0.5, 0.6) is 0 Å². The number of amides is 2. The molecule has 0 spiro atoms. The SMILES string of the molecule is COC(=O)c1cc(NC(=O)N(C)CC(C)C(=O)O)cc(Cl)c1F. The smallest absolute Gasteiger partial charge is 0.340 e. The Bertz CT molecular complexity index is 638. The Balaban J connectivity index is 2.92. The summed E-state index contributed by atoms with van der Waals surface area (Å²) in [6.07, 6.45) is 0. The average molecular weight is 347 g/mol. The van der Waals surface area contributed by atoms with Crippen molar-refractivity contribution in [1.29, 1.82) is 0 Å². The molecule has 1 aromatic carbocycles. The largest absolute Gasteiger partial charge is 0.481 e. The van der Waals surface area contributed by atoms with Crippen LogP contribution in [0.3, 0.4) is 0 Å². The van der Waals surface area contributed by atoms with E-state index in [-0.39, 0.29) is 17.3 Å². The van der Waals surface area contributed by atoms with Crippen LogP contribution >= 0.6 is 11.6 Å². The number of carboxylic acid groups (broad SMARTS) is 1. The molecule has 2 N–H and O–H groups in total. The predicted molar refractivity (Wildman–Crippen MR) is 81.2 cm³/mol. The summed E-state index contributed by atoms with van der Waals surface area (Å²) in [5, 5.41) is 10.9. The van der Waals surface area contributed by atoms with Crippen molar-refractivity contribution >= 4 is 35.3 Å². The summed E-state index contributed by atoms with van der Waals surface area (Å²) < 4.78 is 18.2. The molecule has 0 aliphatic carbocycles. The van der Waals surface area contributed by atoms with Gasteiger partial charge in [-0.05, 0) is 12.1 Å². The van der Waals surface area contributed by atoms with Gasteiger partial charge in [0.25, 0.3) is 0 Å². The molecule has 0 bridgehead atoms. The maximum atomic E-state index is 13.8. The number of esters is 1. The van der Waals surface area contributed by atoms with Crippen LogP contribution in [0.2, 0.25) is 5.02 Å². The Hall–Kier alpha value is -2.35. The molecule has 0 saturated heterocycles. The van der Waals surface area contributed by atoms with Crippen LogP contribution < -0.4 is 5.32 Å². The number of carboxylic acids is 1. The molecule has 0 saturated carbocycles. The van der Waals surface area contributed by atoms with Crippen molar-refractivity contribution in [3.63, 3.8) is 0 Å². The first-order chi connectivity index (χ1) is 10.7. The summed E-state index contributed by atoms with van der Waals surface area (Å²) in [7, 11) is 2.49. The summed E-state index contributed by atoms with van der Waals surface area (Å²) in [4.78, 5) is 35.4. The van der Waals surface area contributed by atoms with E-state index in [4.69, 9.17) is 16.7 Å². The number of carbonyl (C=O) groups excluding carboxylic acids is 2. The maximum absolute atomic E-state index is 13.8. The Morgan fingerprint density at radius 3 is 2.57 bits per heavy atom. The van der Waals surface area contributed by atoms with E-state index in [1.165, 1.54) is 14.0 Å². The van der Waals surface area contributed by atoms with Crippen molar-refractivity contribution in [3.8, 4) is 0 Å². The molecule has 1 aromatic rings. The average Bonchev–Trinajstić information content (AvgIpc) is 2.49. The predicted octanol–water partition coefficient (Wildman–Crippen LogP) is 2.45. The minimum Gasteiger partial charge on any atom is -0.481 e. The normalized spacial score (nSPS) is 11.5. The lowest BCUT2D eigenvalue weighted by atomic mass is 10.1. The number of ether oxygens (including phenoxy) is 1. The van der Waals surface area contributed by atoms with Crippen molar-refractivity contribution in [3.05, 3.63) is 28.5 Å². The zero-order valence-corrected chi connectivity index (χ0v) is 13.5. The Kier molecular flexibility index (Phi) is 6.32. The molecule has 1 rings (SSSR count). The first-order valence-electron chi connectivity index (χ1n) is 6.49. The van der Waals surface area contributed by atoms with Gasteiger partial charge in [0, 0.05) is 19.3 Å². The number of carbonyl (C=O) groups is 3. The van der Waals surface area contributed by atoms with Crippen LogP contribution in [0.25, 0.3) is 0 Å². The van der Waals surface area contributed by atoms with Crippen LogP contribution in [0.1, 0.15) is 17.3 Å². The molecule has 1 unspecified atom stereocenters. The summed E-state index contributed by atoms with van der Waals surface area (Å²) in [6, 6.07) is 1.59. The van der Waals surface area contributed by atoms with Gasteiger partial charge in [0.2, 0.25) is 0 Å². The summed E-state index contributed by atoms with van der Waals surface area (Å²) >= 11 is 5.68. The van der Waals surface area contributed by atoms with E-state index in [0.717, 1.165) is 24.1 Å². The first kappa shape index (κ1) is 18.7. The minimum absolute atomic E-state index is 0.0278. The monoisotopic (exact) mass is 346 g/mol. The maximum Gasteiger partial charge on any atom is 0.340 e. The van der Waals surface area contributed by atoms with Crippen LogP contribution in [0, 0.1) is 11.7 Å². The zero-order chi connectivity index (χ0) is 17.7. The standard InChI is InChI=1S/C14H16ClFN2O5/c1-7(12(19)20)6-18(2)14(22)17-8-4-9(13(21)23-3)11(16)10(15)5-8/h4-5,7H,6H2,1-3H3,(H,17,22)(H,19,20). The highest BCUT2D eigenvalue weighted by Crippen LogP contribution is 2.24. The lowest BCUT2D eigenvalue weighted by Crippen LogP contribution is -2.36. The van der Waals surface area contributed by atoms with Gasteiger partial charge < -0.3 is 20.1 Å². The third-order valence-corrected chi connectivity index (χ3v) is 3.28. The lowest BCUT2D eigenvalue weighted by Gasteiger charge is -2.20. The van der Waals surface area contributed by atoms with Gasteiger partial charge in [-0.15, -0.1) is 0 Å². The summed E-state index contributed by atoms with van der Waals surface area (Å²) in [5.41, 5.74) is -0.339. The van der Waals surface area contributed by atoms with E-state index >= 15 is 0 Å². The van der Waals surface area contributed by atoms with E-state index in [2.05, 4.69) is 10.1 Å². The van der Waals surface area contributed by atoms with Crippen molar-refractivity contribution in [1.82, 2.24) is 4.90 Å². The number of halogens is 2. The minimum atomic E-state index is -1.04. The fourth-order valence-corrected chi connectivity index (χ4v) is 1.93. The highest BCUT2D eigenvalue weighted by Gasteiger charge is 2.20. The zero-order valence-electron chi connectivity index (χ0n) is 12.7. The quantitative estimate of drug-likeness (QED) is 0.798. The number of nitrogens with one attached hydrogen (secondary N) is 1. The lowest BCUT2D eigenvalue weighted by molar-refractivity contribution is -0.141. The number of rotatable bonds is 5. The summed E-state index contributed by atoms with van der Waals surface area (Å²) in [5.74, 6) is -3.69. The molecule has 0 fully saturated rings.